The Morgan fingerprint density at radius 2 is 1.94 bits per heavy atom. The van der Waals surface area contributed by atoms with Gasteiger partial charge in [-0.2, -0.15) is 5.10 Å². The van der Waals surface area contributed by atoms with Crippen LogP contribution in [0, 0.1) is 0 Å². The molecule has 4 nitrogen and oxygen atoms in total. The van der Waals surface area contributed by atoms with E-state index in [1.807, 2.05) is 13.1 Å². The van der Waals surface area contributed by atoms with Gasteiger partial charge in [0.25, 0.3) is 0 Å². The summed E-state index contributed by atoms with van der Waals surface area (Å²) in [4.78, 5) is 8.82. The number of rotatable bonds is 1. The summed E-state index contributed by atoms with van der Waals surface area (Å²) in [5.41, 5.74) is 1.60. The third-order valence-electron chi connectivity index (χ3n) is 2.45. The number of hydrogen-bond donors (Lipinski definition) is 0. The Kier molecular flexibility index (Phi) is 2.91. The summed E-state index contributed by atoms with van der Waals surface area (Å²) in [6, 6.07) is 3.67. The second kappa shape index (κ2) is 4.11. The summed E-state index contributed by atoms with van der Waals surface area (Å²) in [7, 11) is 1.88. The minimum Gasteiger partial charge on any atom is -0.266 e. The van der Waals surface area contributed by atoms with Crippen LogP contribution in [0.15, 0.2) is 18.3 Å². The molecule has 2 aromatic heterocycles. The minimum atomic E-state index is -0.127. The molecule has 0 aliphatic carbocycles. The van der Waals surface area contributed by atoms with Gasteiger partial charge >= 0.3 is 0 Å². The smallest absolute Gasteiger partial charge is 0.136 e. The Bertz CT molecular complexity index is 540. The summed E-state index contributed by atoms with van der Waals surface area (Å²) in [6.07, 6.45) is 1.74. The van der Waals surface area contributed by atoms with Gasteiger partial charge in [0.1, 0.15) is 11.0 Å². The van der Waals surface area contributed by atoms with Gasteiger partial charge in [0.05, 0.1) is 11.4 Å². The highest BCUT2D eigenvalue weighted by Crippen LogP contribution is 2.24. The van der Waals surface area contributed by atoms with Crippen molar-refractivity contribution in [2.45, 2.75) is 26.2 Å². The average Bonchev–Trinajstić information content (AvgIpc) is 2.62. The van der Waals surface area contributed by atoms with Crippen molar-refractivity contribution in [1.82, 2.24) is 19.7 Å². The molecule has 2 heterocycles. The Morgan fingerprint density at radius 3 is 2.47 bits per heavy atom. The molecule has 0 radical (unpaired) electrons. The molecule has 0 spiro atoms. The highest BCUT2D eigenvalue weighted by Gasteiger charge is 2.19. The third kappa shape index (κ3) is 2.47. The van der Waals surface area contributed by atoms with E-state index >= 15 is 0 Å². The summed E-state index contributed by atoms with van der Waals surface area (Å²) in [6.45, 7) is 6.18. The monoisotopic (exact) mass is 250 g/mol. The van der Waals surface area contributed by atoms with Crippen LogP contribution in [0.25, 0.3) is 11.4 Å². The van der Waals surface area contributed by atoms with Crippen LogP contribution in [0.3, 0.4) is 0 Å². The van der Waals surface area contributed by atoms with Crippen LogP contribution in [0.4, 0.5) is 0 Å². The number of aryl methyl sites for hydroxylation is 1. The molecule has 0 saturated carbocycles. The summed E-state index contributed by atoms with van der Waals surface area (Å²) in [5.74, 6) is 0.737. The lowest BCUT2D eigenvalue weighted by Crippen LogP contribution is -2.16. The zero-order valence-corrected chi connectivity index (χ0v) is 11.2. The fraction of sp³-hybridized carbons (Fsp3) is 0.417. The van der Waals surface area contributed by atoms with Crippen molar-refractivity contribution in [2.24, 2.45) is 7.05 Å². The predicted molar refractivity (Wildman–Crippen MR) is 67.9 cm³/mol. The quantitative estimate of drug-likeness (QED) is 0.731. The minimum absolute atomic E-state index is 0.127. The van der Waals surface area contributed by atoms with Crippen molar-refractivity contribution in [3.8, 4) is 11.4 Å². The molecule has 17 heavy (non-hydrogen) atoms. The van der Waals surface area contributed by atoms with Crippen LogP contribution < -0.4 is 0 Å². The van der Waals surface area contributed by atoms with E-state index in [-0.39, 0.29) is 5.41 Å². The molecular formula is C12H15ClN4. The van der Waals surface area contributed by atoms with Crippen molar-refractivity contribution < 1.29 is 0 Å². The van der Waals surface area contributed by atoms with Gasteiger partial charge in [0.2, 0.25) is 0 Å². The Balaban J connectivity index is 2.57. The van der Waals surface area contributed by atoms with Gasteiger partial charge in [-0.15, -0.1) is 0 Å². The molecule has 2 aromatic rings. The van der Waals surface area contributed by atoms with Crippen molar-refractivity contribution in [2.75, 3.05) is 0 Å². The molecule has 0 aliphatic rings. The highest BCUT2D eigenvalue weighted by atomic mass is 35.5. The molecule has 5 heteroatoms. The molecule has 0 bridgehead atoms. The van der Waals surface area contributed by atoms with Gasteiger partial charge in [-0.05, 0) is 6.07 Å². The van der Waals surface area contributed by atoms with Crippen LogP contribution in [0.5, 0.6) is 0 Å². The molecule has 0 saturated heterocycles. The van der Waals surface area contributed by atoms with Crippen LogP contribution in [0.2, 0.25) is 5.15 Å². The summed E-state index contributed by atoms with van der Waals surface area (Å²) >= 11 is 6.04. The molecule has 0 atom stereocenters. The van der Waals surface area contributed by atoms with Gasteiger partial charge < -0.3 is 0 Å². The molecular weight excluding hydrogens is 236 g/mol. The number of aromatic nitrogens is 4. The van der Waals surface area contributed by atoms with Gasteiger partial charge in [-0.1, -0.05) is 32.4 Å². The van der Waals surface area contributed by atoms with E-state index < -0.39 is 0 Å². The van der Waals surface area contributed by atoms with E-state index in [1.165, 1.54) is 0 Å². The maximum Gasteiger partial charge on any atom is 0.136 e. The fourth-order valence-corrected chi connectivity index (χ4v) is 1.69. The van der Waals surface area contributed by atoms with E-state index in [4.69, 9.17) is 11.6 Å². The predicted octanol–water partition coefficient (Wildman–Crippen LogP) is 2.83. The Labute approximate surface area is 106 Å². The summed E-state index contributed by atoms with van der Waals surface area (Å²) in [5, 5.41) is 4.59. The molecule has 0 unspecified atom stereocenters. The zero-order valence-electron chi connectivity index (χ0n) is 10.4. The first-order valence-corrected chi connectivity index (χ1v) is 5.79. The maximum atomic E-state index is 6.04. The van der Waals surface area contributed by atoms with E-state index in [1.54, 1.807) is 16.9 Å². The van der Waals surface area contributed by atoms with E-state index in [9.17, 15) is 0 Å². The maximum absolute atomic E-state index is 6.04. The topological polar surface area (TPSA) is 43.6 Å². The standard InChI is InChI=1S/C12H15ClN4/c1-12(2,3)11-15-8(7-10(13)16-11)9-5-6-14-17(9)4/h5-7H,1-4H3. The molecule has 0 aromatic carbocycles. The number of hydrogen-bond acceptors (Lipinski definition) is 3. The highest BCUT2D eigenvalue weighted by molar-refractivity contribution is 6.29. The summed E-state index contributed by atoms with van der Waals surface area (Å²) < 4.78 is 1.77. The van der Waals surface area contributed by atoms with Crippen molar-refractivity contribution in [1.29, 1.82) is 0 Å². The van der Waals surface area contributed by atoms with Crippen LogP contribution >= 0.6 is 11.6 Å². The Hall–Kier alpha value is -1.42. The Morgan fingerprint density at radius 1 is 1.24 bits per heavy atom. The first kappa shape index (κ1) is 12.0. The molecule has 0 N–H and O–H groups in total. The van der Waals surface area contributed by atoms with Gasteiger partial charge in [0.15, 0.2) is 0 Å². The molecule has 0 aliphatic heterocycles. The molecule has 90 valence electrons. The van der Waals surface area contributed by atoms with Gasteiger partial charge in [-0.25, -0.2) is 9.97 Å². The third-order valence-corrected chi connectivity index (χ3v) is 2.64. The van der Waals surface area contributed by atoms with E-state index in [0.717, 1.165) is 17.2 Å². The van der Waals surface area contributed by atoms with Gasteiger partial charge in [-0.3, -0.25) is 4.68 Å². The average molecular weight is 251 g/mol. The van der Waals surface area contributed by atoms with Crippen LogP contribution in [0.1, 0.15) is 26.6 Å². The lowest BCUT2D eigenvalue weighted by molar-refractivity contribution is 0.545. The van der Waals surface area contributed by atoms with Crippen LogP contribution in [-0.4, -0.2) is 19.7 Å². The SMILES string of the molecule is Cn1nccc1-c1cc(Cl)nc(C(C)(C)C)n1. The second-order valence-electron chi connectivity index (χ2n) is 4.99. The molecule has 0 amide bonds. The van der Waals surface area contributed by atoms with E-state index in [0.29, 0.717) is 5.15 Å². The second-order valence-corrected chi connectivity index (χ2v) is 5.38. The number of nitrogens with zero attached hydrogens (tertiary/aromatic N) is 4. The molecule has 0 fully saturated rings. The zero-order chi connectivity index (χ0) is 12.6. The van der Waals surface area contributed by atoms with Gasteiger partial charge in [0, 0.05) is 24.7 Å². The number of halogens is 1. The van der Waals surface area contributed by atoms with Crippen LogP contribution in [-0.2, 0) is 12.5 Å². The van der Waals surface area contributed by atoms with E-state index in [2.05, 4.69) is 35.8 Å². The lowest BCUT2D eigenvalue weighted by atomic mass is 9.95. The first-order chi connectivity index (χ1) is 7.88. The van der Waals surface area contributed by atoms with Crippen molar-refractivity contribution in [3.05, 3.63) is 29.3 Å². The first-order valence-electron chi connectivity index (χ1n) is 5.41. The molecule has 2 rings (SSSR count). The fourth-order valence-electron chi connectivity index (χ4n) is 1.51. The van der Waals surface area contributed by atoms with Crippen molar-refractivity contribution in [3.63, 3.8) is 0 Å². The largest absolute Gasteiger partial charge is 0.266 e. The normalized spacial score (nSPS) is 11.8. The van der Waals surface area contributed by atoms with Crippen molar-refractivity contribution >= 4 is 11.6 Å². The lowest BCUT2D eigenvalue weighted by Gasteiger charge is -2.17.